The molecule has 0 aliphatic rings. The van der Waals surface area contributed by atoms with Gasteiger partial charge in [0.15, 0.2) is 0 Å². The maximum Gasteiger partial charge on any atom is 0.245 e. The third kappa shape index (κ3) is 6.00. The van der Waals surface area contributed by atoms with Gasteiger partial charge in [-0.15, -0.1) is 0 Å². The average Bonchev–Trinajstić information content (AvgIpc) is 1.85. The number of nitrogens with one attached hydrogen (secondary N) is 1. The average molecular weight is 179 g/mol. The number of aliphatic hydroxyl groups is 1. The summed E-state index contributed by atoms with van der Waals surface area (Å²) in [6, 6.07) is -0.138. The molecule has 2 unspecified atom stereocenters. The van der Waals surface area contributed by atoms with E-state index >= 15 is 0 Å². The minimum atomic E-state index is -0.910. The zero-order valence-corrected chi connectivity index (χ0v) is 7.48. The first-order valence-electron chi connectivity index (χ1n) is 3.26. The van der Waals surface area contributed by atoms with Crippen LogP contribution in [0.15, 0.2) is 0 Å². The van der Waals surface area contributed by atoms with Crippen LogP contribution in [-0.4, -0.2) is 39.9 Å². The Morgan fingerprint density at radius 3 is 2.64 bits per heavy atom. The summed E-state index contributed by atoms with van der Waals surface area (Å²) in [4.78, 5) is 10.5. The molecule has 0 saturated carbocycles. The van der Waals surface area contributed by atoms with Gasteiger partial charge >= 0.3 is 0 Å². The lowest BCUT2D eigenvalue weighted by Crippen LogP contribution is -2.37. The zero-order valence-electron chi connectivity index (χ0n) is 6.66. The van der Waals surface area contributed by atoms with E-state index in [1.807, 2.05) is 0 Å². The van der Waals surface area contributed by atoms with Crippen molar-refractivity contribution < 1.29 is 14.1 Å². The molecule has 0 bridgehead atoms. The fourth-order valence-corrected chi connectivity index (χ4v) is 1.50. The Bertz CT molecular complexity index is 160. The van der Waals surface area contributed by atoms with Gasteiger partial charge < -0.3 is 10.4 Å². The van der Waals surface area contributed by atoms with E-state index in [0.717, 1.165) is 0 Å². The standard InChI is InChI=1S/C6H13NO3S/c1-5(4-11(2)10)7-6(9)3-8/h5,8H,3-4H2,1-2H3,(H,7,9). The van der Waals surface area contributed by atoms with Crippen molar-refractivity contribution in [1.29, 1.82) is 0 Å². The van der Waals surface area contributed by atoms with E-state index in [4.69, 9.17) is 5.11 Å². The minimum absolute atomic E-state index is 0.138. The van der Waals surface area contributed by atoms with Crippen LogP contribution < -0.4 is 5.32 Å². The van der Waals surface area contributed by atoms with E-state index in [9.17, 15) is 9.00 Å². The van der Waals surface area contributed by atoms with Crippen LogP contribution >= 0.6 is 0 Å². The molecule has 0 fully saturated rings. The highest BCUT2D eigenvalue weighted by Gasteiger charge is 2.06. The molecule has 0 saturated heterocycles. The third-order valence-electron chi connectivity index (χ3n) is 1.04. The SMILES string of the molecule is CC(CS(C)=O)NC(=O)CO. The summed E-state index contributed by atoms with van der Waals surface area (Å²) < 4.78 is 10.6. The topological polar surface area (TPSA) is 66.4 Å². The second kappa shape index (κ2) is 5.26. The van der Waals surface area contributed by atoms with Gasteiger partial charge in [0.1, 0.15) is 6.61 Å². The molecule has 0 heterocycles. The molecule has 0 aromatic carbocycles. The molecule has 2 N–H and O–H groups in total. The van der Waals surface area contributed by atoms with Crippen LogP contribution in [0.2, 0.25) is 0 Å². The first kappa shape index (κ1) is 10.6. The van der Waals surface area contributed by atoms with E-state index in [1.165, 1.54) is 0 Å². The van der Waals surface area contributed by atoms with Gasteiger partial charge in [0.05, 0.1) is 0 Å². The number of carbonyl (C=O) groups excluding carboxylic acids is 1. The monoisotopic (exact) mass is 179 g/mol. The molecule has 1 amide bonds. The van der Waals surface area contributed by atoms with Gasteiger partial charge in [-0.2, -0.15) is 0 Å². The maximum atomic E-state index is 10.6. The van der Waals surface area contributed by atoms with Gasteiger partial charge in [0.25, 0.3) is 0 Å². The van der Waals surface area contributed by atoms with Crippen molar-refractivity contribution in [3.8, 4) is 0 Å². The lowest BCUT2D eigenvalue weighted by Gasteiger charge is -2.10. The summed E-state index contributed by atoms with van der Waals surface area (Å²) in [5.41, 5.74) is 0. The van der Waals surface area contributed by atoms with Crippen LogP contribution in [0.5, 0.6) is 0 Å². The summed E-state index contributed by atoms with van der Waals surface area (Å²) in [5.74, 6) is -0.00546. The van der Waals surface area contributed by atoms with Crippen molar-refractivity contribution >= 4 is 16.7 Å². The Hall–Kier alpha value is -0.420. The second-order valence-corrected chi connectivity index (χ2v) is 3.85. The smallest absolute Gasteiger partial charge is 0.245 e. The summed E-state index contributed by atoms with van der Waals surface area (Å²) >= 11 is 0. The van der Waals surface area contributed by atoms with Crippen molar-refractivity contribution in [3.05, 3.63) is 0 Å². The Balaban J connectivity index is 3.60. The second-order valence-electron chi connectivity index (χ2n) is 2.37. The molecule has 5 heteroatoms. The predicted molar refractivity (Wildman–Crippen MR) is 43.6 cm³/mol. The van der Waals surface area contributed by atoms with Gasteiger partial charge in [-0.3, -0.25) is 9.00 Å². The van der Waals surface area contributed by atoms with E-state index in [2.05, 4.69) is 5.32 Å². The molecule has 0 aromatic rings. The number of carbonyl (C=O) groups is 1. The number of hydrogen-bond acceptors (Lipinski definition) is 3. The maximum absolute atomic E-state index is 10.6. The van der Waals surface area contributed by atoms with Gasteiger partial charge in [0.2, 0.25) is 5.91 Å². The zero-order chi connectivity index (χ0) is 8.85. The lowest BCUT2D eigenvalue weighted by atomic mass is 10.4. The van der Waals surface area contributed by atoms with Gasteiger partial charge in [-0.05, 0) is 6.92 Å². The Labute approximate surface area is 68.4 Å². The Morgan fingerprint density at radius 2 is 2.27 bits per heavy atom. The Morgan fingerprint density at radius 1 is 1.73 bits per heavy atom. The van der Waals surface area contributed by atoms with Gasteiger partial charge in [-0.25, -0.2) is 0 Å². The first-order chi connectivity index (χ1) is 5.06. The molecule has 0 aliphatic heterocycles. The Kier molecular flexibility index (Phi) is 5.06. The summed E-state index contributed by atoms with van der Waals surface area (Å²) in [6.45, 7) is 1.23. The molecule has 66 valence electrons. The quantitative estimate of drug-likeness (QED) is 0.573. The molecule has 0 aliphatic carbocycles. The van der Waals surface area contributed by atoms with Crippen molar-refractivity contribution in [3.63, 3.8) is 0 Å². The molecular formula is C6H13NO3S. The molecule has 2 atom stereocenters. The highest BCUT2D eigenvalue weighted by Crippen LogP contribution is 1.84. The molecule has 11 heavy (non-hydrogen) atoms. The molecule has 4 nitrogen and oxygen atoms in total. The highest BCUT2D eigenvalue weighted by molar-refractivity contribution is 7.84. The molecule has 0 spiro atoms. The van der Waals surface area contributed by atoms with Crippen LogP contribution in [0.4, 0.5) is 0 Å². The normalized spacial score (nSPS) is 15.5. The number of hydrogen-bond donors (Lipinski definition) is 2. The van der Waals surface area contributed by atoms with Crippen molar-refractivity contribution in [2.75, 3.05) is 18.6 Å². The van der Waals surface area contributed by atoms with Crippen molar-refractivity contribution in [2.24, 2.45) is 0 Å². The van der Waals surface area contributed by atoms with Gasteiger partial charge in [-0.1, -0.05) is 0 Å². The number of amides is 1. The van der Waals surface area contributed by atoms with Crippen molar-refractivity contribution in [1.82, 2.24) is 5.32 Å². The van der Waals surface area contributed by atoms with Crippen LogP contribution in [0.3, 0.4) is 0 Å². The number of rotatable bonds is 4. The molecular weight excluding hydrogens is 166 g/mol. The van der Waals surface area contributed by atoms with Crippen molar-refractivity contribution in [2.45, 2.75) is 13.0 Å². The molecule has 0 aromatic heterocycles. The summed E-state index contributed by atoms with van der Waals surface area (Å²) in [5, 5.41) is 10.8. The van der Waals surface area contributed by atoms with E-state index in [1.54, 1.807) is 13.2 Å². The fourth-order valence-electron chi connectivity index (χ4n) is 0.714. The minimum Gasteiger partial charge on any atom is -0.387 e. The molecule has 0 radical (unpaired) electrons. The predicted octanol–water partition coefficient (Wildman–Crippen LogP) is -1.14. The summed E-state index contributed by atoms with van der Waals surface area (Å²) in [6.07, 6.45) is 1.57. The third-order valence-corrected chi connectivity index (χ3v) is 2.01. The van der Waals surface area contributed by atoms with Crippen LogP contribution in [0.1, 0.15) is 6.92 Å². The van der Waals surface area contributed by atoms with Crippen LogP contribution in [0, 0.1) is 0 Å². The number of aliphatic hydroxyl groups excluding tert-OH is 1. The fraction of sp³-hybridized carbons (Fsp3) is 0.833. The van der Waals surface area contributed by atoms with Crippen LogP contribution in [-0.2, 0) is 15.6 Å². The highest BCUT2D eigenvalue weighted by atomic mass is 32.2. The van der Waals surface area contributed by atoms with Gasteiger partial charge in [0, 0.05) is 28.9 Å². The summed E-state index contributed by atoms with van der Waals surface area (Å²) in [7, 11) is -0.910. The lowest BCUT2D eigenvalue weighted by molar-refractivity contribution is -0.124. The van der Waals surface area contributed by atoms with E-state index in [-0.39, 0.29) is 6.04 Å². The van der Waals surface area contributed by atoms with Crippen LogP contribution in [0.25, 0.3) is 0 Å². The molecule has 0 rings (SSSR count). The van der Waals surface area contributed by atoms with E-state index in [0.29, 0.717) is 5.75 Å². The largest absolute Gasteiger partial charge is 0.387 e. The first-order valence-corrected chi connectivity index (χ1v) is 4.99. The van der Waals surface area contributed by atoms with E-state index < -0.39 is 23.3 Å².